The maximum Gasteiger partial charge on any atom is 0.228 e. The normalized spacial score (nSPS) is 21.2. The van der Waals surface area contributed by atoms with Crippen molar-refractivity contribution in [2.24, 2.45) is 11.3 Å². The van der Waals surface area contributed by atoms with Gasteiger partial charge in [-0.25, -0.2) is 15.0 Å². The first-order valence-corrected chi connectivity index (χ1v) is 15.4. The van der Waals surface area contributed by atoms with Crippen LogP contribution >= 0.6 is 0 Å². The Morgan fingerprint density at radius 1 is 0.976 bits per heavy atom. The van der Waals surface area contributed by atoms with Gasteiger partial charge in [0.25, 0.3) is 0 Å². The second kappa shape index (κ2) is 11.3. The summed E-state index contributed by atoms with van der Waals surface area (Å²) in [5, 5.41) is 12.0. The number of hydrogen-bond donors (Lipinski definition) is 3. The molecule has 3 N–H and O–H groups in total. The van der Waals surface area contributed by atoms with Gasteiger partial charge in [-0.2, -0.15) is 0 Å². The lowest BCUT2D eigenvalue weighted by molar-refractivity contribution is -0.118. The van der Waals surface area contributed by atoms with Crippen molar-refractivity contribution in [1.82, 2.24) is 20.3 Å². The molecule has 216 valence electrons. The van der Waals surface area contributed by atoms with Gasteiger partial charge in [0.15, 0.2) is 0 Å². The van der Waals surface area contributed by atoms with Gasteiger partial charge in [0, 0.05) is 47.4 Å². The van der Waals surface area contributed by atoms with Gasteiger partial charge in [-0.05, 0) is 80.8 Å². The highest BCUT2D eigenvalue weighted by atomic mass is 16.5. The molecule has 42 heavy (non-hydrogen) atoms. The van der Waals surface area contributed by atoms with E-state index >= 15 is 0 Å². The molecule has 1 saturated heterocycles. The molecular formula is C34H38N6O2. The molecule has 1 amide bonds. The first-order chi connectivity index (χ1) is 20.6. The van der Waals surface area contributed by atoms with Crippen LogP contribution in [0, 0.1) is 18.3 Å². The van der Waals surface area contributed by atoms with Crippen LogP contribution in [0.3, 0.4) is 0 Å². The molecule has 2 atom stereocenters. The molecule has 4 aromatic rings. The summed E-state index contributed by atoms with van der Waals surface area (Å²) >= 11 is 0. The summed E-state index contributed by atoms with van der Waals surface area (Å²) in [6.45, 7) is 3.99. The van der Waals surface area contributed by atoms with E-state index in [1.807, 2.05) is 49.4 Å². The summed E-state index contributed by atoms with van der Waals surface area (Å²) in [4.78, 5) is 27.2. The third-order valence-corrected chi connectivity index (χ3v) is 9.35. The number of nitrogens with one attached hydrogen (secondary N) is 3. The van der Waals surface area contributed by atoms with Crippen LogP contribution in [-0.4, -0.2) is 40.0 Å². The molecule has 0 radical (unpaired) electrons. The van der Waals surface area contributed by atoms with Gasteiger partial charge in [0.05, 0.1) is 11.3 Å². The number of nitrogens with zero attached hydrogens (tertiary/aromatic N) is 3. The molecule has 8 heteroatoms. The third kappa shape index (κ3) is 5.31. The molecule has 1 spiro atoms. The fourth-order valence-corrected chi connectivity index (χ4v) is 6.93. The van der Waals surface area contributed by atoms with E-state index in [1.54, 1.807) is 12.4 Å². The summed E-state index contributed by atoms with van der Waals surface area (Å²) < 4.78 is 6.59. The number of ether oxygens (including phenoxy) is 1. The zero-order valence-corrected chi connectivity index (χ0v) is 24.2. The van der Waals surface area contributed by atoms with E-state index < -0.39 is 0 Å². The molecule has 7 rings (SSSR count). The Labute approximate surface area is 246 Å². The maximum absolute atomic E-state index is 13.3. The van der Waals surface area contributed by atoms with E-state index in [9.17, 15) is 4.79 Å². The van der Waals surface area contributed by atoms with Crippen molar-refractivity contribution in [2.45, 2.75) is 64.3 Å². The molecule has 8 nitrogen and oxygen atoms in total. The molecule has 0 bridgehead atoms. The Morgan fingerprint density at radius 3 is 2.74 bits per heavy atom. The van der Waals surface area contributed by atoms with Crippen molar-refractivity contribution in [3.05, 3.63) is 66.5 Å². The zero-order chi connectivity index (χ0) is 28.5. The van der Waals surface area contributed by atoms with Gasteiger partial charge in [0.1, 0.15) is 5.75 Å². The minimum atomic E-state index is 0.131. The molecule has 2 unspecified atom stereocenters. The molecule has 2 aliphatic carbocycles. The zero-order valence-electron chi connectivity index (χ0n) is 24.2. The van der Waals surface area contributed by atoms with Crippen molar-refractivity contribution in [3.8, 4) is 22.9 Å². The van der Waals surface area contributed by atoms with Crippen LogP contribution in [0.15, 0.2) is 60.9 Å². The van der Waals surface area contributed by atoms with Gasteiger partial charge < -0.3 is 20.7 Å². The molecule has 2 aromatic carbocycles. The van der Waals surface area contributed by atoms with Gasteiger partial charge in [-0.15, -0.1) is 0 Å². The van der Waals surface area contributed by atoms with Crippen LogP contribution in [0.2, 0.25) is 0 Å². The highest BCUT2D eigenvalue weighted by Crippen LogP contribution is 2.61. The average molecular weight is 563 g/mol. The van der Waals surface area contributed by atoms with Crippen molar-refractivity contribution in [2.75, 3.05) is 23.7 Å². The standard InChI is InChI=1S/C34H38N6O2/c1-22-12-13-24-25(9-5-11-28(24)39-31(41)27-20-34(27)15-3-2-4-16-34)30(22)42-32-26(10-7-18-36-32)29-14-19-37-33(40-29)38-23-8-6-17-35-21-23/h5,7,9-14,18-19,23,27,35H,2-4,6,8,15-17,20-21H2,1H3,(H,39,41)(H,37,38,40). The quantitative estimate of drug-likeness (QED) is 0.226. The fourth-order valence-electron chi connectivity index (χ4n) is 6.93. The number of aryl methyl sites for hydroxylation is 1. The van der Waals surface area contributed by atoms with Crippen molar-refractivity contribution < 1.29 is 9.53 Å². The van der Waals surface area contributed by atoms with Gasteiger partial charge >= 0.3 is 0 Å². The van der Waals surface area contributed by atoms with E-state index in [-0.39, 0.29) is 17.2 Å². The van der Waals surface area contributed by atoms with Crippen LogP contribution in [0.4, 0.5) is 11.6 Å². The van der Waals surface area contributed by atoms with Crippen molar-refractivity contribution in [1.29, 1.82) is 0 Å². The van der Waals surface area contributed by atoms with Crippen LogP contribution in [0.1, 0.15) is 56.9 Å². The smallest absolute Gasteiger partial charge is 0.228 e. The number of rotatable bonds is 7. The molecule has 3 fully saturated rings. The number of benzene rings is 2. The summed E-state index contributed by atoms with van der Waals surface area (Å²) in [7, 11) is 0. The number of carbonyl (C=O) groups excluding carboxylic acids is 1. The number of hydrogen-bond acceptors (Lipinski definition) is 7. The number of carbonyl (C=O) groups is 1. The SMILES string of the molecule is Cc1ccc2c(NC(=O)C3CC34CCCCC4)cccc2c1Oc1ncccc1-c1ccnc(NC2CCCNC2)n1. The van der Waals surface area contributed by atoms with E-state index in [1.165, 1.54) is 32.1 Å². The minimum absolute atomic E-state index is 0.131. The summed E-state index contributed by atoms with van der Waals surface area (Å²) in [5.74, 6) is 2.08. The summed E-state index contributed by atoms with van der Waals surface area (Å²) in [5.41, 5.74) is 3.59. The van der Waals surface area contributed by atoms with Crippen molar-refractivity contribution in [3.63, 3.8) is 0 Å². The largest absolute Gasteiger partial charge is 0.437 e. The van der Waals surface area contributed by atoms with Gasteiger partial charge in [-0.1, -0.05) is 43.5 Å². The number of anilines is 2. The number of pyridine rings is 1. The second-order valence-electron chi connectivity index (χ2n) is 12.2. The molecule has 2 saturated carbocycles. The number of piperidine rings is 1. The number of fused-ring (bicyclic) bond motifs is 1. The Hall–Kier alpha value is -4.04. The minimum Gasteiger partial charge on any atom is -0.437 e. The van der Waals surface area contributed by atoms with E-state index in [0.717, 1.165) is 71.4 Å². The highest BCUT2D eigenvalue weighted by Gasteiger charge is 2.57. The lowest BCUT2D eigenvalue weighted by Gasteiger charge is -2.23. The Balaban J connectivity index is 1.16. The summed E-state index contributed by atoms with van der Waals surface area (Å²) in [6, 6.07) is 16.2. The van der Waals surface area contributed by atoms with E-state index in [4.69, 9.17) is 9.72 Å². The maximum atomic E-state index is 13.3. The fraction of sp³-hybridized carbons (Fsp3) is 0.412. The highest BCUT2D eigenvalue weighted by molar-refractivity contribution is 6.05. The van der Waals surface area contributed by atoms with E-state index in [2.05, 4.69) is 32.0 Å². The topological polar surface area (TPSA) is 101 Å². The van der Waals surface area contributed by atoms with Crippen LogP contribution < -0.4 is 20.7 Å². The van der Waals surface area contributed by atoms with Crippen LogP contribution in [0.25, 0.3) is 22.0 Å². The van der Waals surface area contributed by atoms with E-state index in [0.29, 0.717) is 17.9 Å². The van der Waals surface area contributed by atoms with Crippen molar-refractivity contribution >= 4 is 28.3 Å². The first kappa shape index (κ1) is 26.8. The van der Waals surface area contributed by atoms with Gasteiger partial charge in [-0.3, -0.25) is 4.79 Å². The Kier molecular flexibility index (Phi) is 7.24. The van der Waals surface area contributed by atoms with Crippen LogP contribution in [-0.2, 0) is 4.79 Å². The first-order valence-electron chi connectivity index (χ1n) is 15.4. The van der Waals surface area contributed by atoms with Crippen LogP contribution in [0.5, 0.6) is 11.6 Å². The Morgan fingerprint density at radius 2 is 1.88 bits per heavy atom. The summed E-state index contributed by atoms with van der Waals surface area (Å²) in [6.07, 6.45) is 12.9. The number of aromatic nitrogens is 3. The lowest BCUT2D eigenvalue weighted by atomic mass is 9.84. The predicted molar refractivity (Wildman–Crippen MR) is 166 cm³/mol. The average Bonchev–Trinajstić information content (AvgIpc) is 3.72. The monoisotopic (exact) mass is 562 g/mol. The number of amides is 1. The second-order valence-corrected chi connectivity index (χ2v) is 12.2. The predicted octanol–water partition coefficient (Wildman–Crippen LogP) is 6.87. The molecule has 2 aromatic heterocycles. The molecule has 3 aliphatic rings. The molecule has 1 aliphatic heterocycles. The third-order valence-electron chi connectivity index (χ3n) is 9.35. The Bertz CT molecular complexity index is 1610. The molecule has 3 heterocycles. The lowest BCUT2D eigenvalue weighted by Crippen LogP contribution is -2.38. The molecular weight excluding hydrogens is 524 g/mol. The van der Waals surface area contributed by atoms with Gasteiger partial charge in [0.2, 0.25) is 17.7 Å².